The molecule has 34 heavy (non-hydrogen) atoms. The normalized spacial score (nSPS) is 13.8. The number of nitrogens with zero attached hydrogens (tertiary/aromatic N) is 2. The van der Waals surface area contributed by atoms with E-state index < -0.39 is 0 Å². The second-order valence-corrected chi connectivity index (χ2v) is 8.04. The number of methoxy groups -OCH3 is 2. The molecule has 0 radical (unpaired) electrons. The van der Waals surface area contributed by atoms with E-state index in [-0.39, 0.29) is 23.8 Å². The minimum atomic E-state index is -0.329. The minimum Gasteiger partial charge on any atom is -0.502 e. The number of rotatable bonds is 8. The maximum atomic E-state index is 14.2. The molecule has 0 unspecified atom stereocenters. The van der Waals surface area contributed by atoms with E-state index in [0.717, 1.165) is 33.4 Å². The Kier molecular flexibility index (Phi) is 6.72. The molecule has 6 nitrogen and oxygen atoms in total. The second-order valence-electron chi connectivity index (χ2n) is 8.04. The van der Waals surface area contributed by atoms with Crippen molar-refractivity contribution < 1.29 is 23.8 Å². The first-order valence-corrected chi connectivity index (χ1v) is 10.8. The third-order valence-electron chi connectivity index (χ3n) is 5.92. The van der Waals surface area contributed by atoms with Crippen molar-refractivity contribution in [2.45, 2.75) is 26.2 Å². The van der Waals surface area contributed by atoms with Gasteiger partial charge in [-0.25, -0.2) is 4.39 Å². The SMILES string of the molecule is COc1cc(/C=C2/C(C)=C(CCC(=O)Cc3cnccn3)c3cc(F)ccc32)cc(OC)c1O. The summed E-state index contributed by atoms with van der Waals surface area (Å²) in [7, 11) is 2.95. The maximum absolute atomic E-state index is 14.2. The quantitative estimate of drug-likeness (QED) is 0.494. The van der Waals surface area contributed by atoms with Crippen LogP contribution in [0.1, 0.15) is 42.1 Å². The fraction of sp³-hybridized carbons (Fsp3) is 0.222. The topological polar surface area (TPSA) is 81.5 Å². The highest BCUT2D eigenvalue weighted by Gasteiger charge is 2.25. The molecule has 0 spiro atoms. The number of allylic oxidation sites excluding steroid dienone is 3. The molecule has 0 saturated carbocycles. The molecule has 0 fully saturated rings. The lowest BCUT2D eigenvalue weighted by Gasteiger charge is -2.11. The molecule has 7 heteroatoms. The third-order valence-corrected chi connectivity index (χ3v) is 5.92. The number of benzene rings is 2. The van der Waals surface area contributed by atoms with Crippen LogP contribution < -0.4 is 9.47 Å². The smallest absolute Gasteiger partial charge is 0.200 e. The Labute approximate surface area is 197 Å². The van der Waals surface area contributed by atoms with Crippen LogP contribution in [-0.4, -0.2) is 35.1 Å². The first-order valence-electron chi connectivity index (χ1n) is 10.8. The Bertz CT molecular complexity index is 1270. The number of aromatic nitrogens is 2. The van der Waals surface area contributed by atoms with Crippen LogP contribution in [0.2, 0.25) is 0 Å². The fourth-order valence-electron chi connectivity index (χ4n) is 4.22. The third kappa shape index (κ3) is 4.69. The van der Waals surface area contributed by atoms with Crippen LogP contribution in [0.3, 0.4) is 0 Å². The van der Waals surface area contributed by atoms with Crippen LogP contribution in [0, 0.1) is 5.82 Å². The number of halogens is 1. The van der Waals surface area contributed by atoms with Gasteiger partial charge in [-0.15, -0.1) is 0 Å². The number of hydrogen-bond acceptors (Lipinski definition) is 6. The Morgan fingerprint density at radius 2 is 1.82 bits per heavy atom. The fourth-order valence-corrected chi connectivity index (χ4v) is 4.22. The lowest BCUT2D eigenvalue weighted by atomic mass is 9.98. The van der Waals surface area contributed by atoms with Crippen molar-refractivity contribution in [3.8, 4) is 17.2 Å². The summed E-state index contributed by atoms with van der Waals surface area (Å²) in [6.45, 7) is 1.97. The molecule has 0 atom stereocenters. The number of phenols is 1. The highest BCUT2D eigenvalue weighted by atomic mass is 19.1. The van der Waals surface area contributed by atoms with Crippen LogP contribution in [0.25, 0.3) is 17.2 Å². The van der Waals surface area contributed by atoms with E-state index >= 15 is 0 Å². The molecule has 3 aromatic rings. The Morgan fingerprint density at radius 3 is 2.47 bits per heavy atom. The van der Waals surface area contributed by atoms with Crippen molar-refractivity contribution in [2.24, 2.45) is 0 Å². The van der Waals surface area contributed by atoms with Crippen molar-refractivity contribution >= 4 is 23.0 Å². The van der Waals surface area contributed by atoms with Crippen molar-refractivity contribution in [3.63, 3.8) is 0 Å². The number of phenolic OH excluding ortho intramolecular Hbond substituents is 1. The van der Waals surface area contributed by atoms with E-state index in [1.165, 1.54) is 26.4 Å². The second kappa shape index (κ2) is 9.87. The van der Waals surface area contributed by atoms with Gasteiger partial charge in [0.05, 0.1) is 26.3 Å². The molecule has 0 saturated heterocycles. The zero-order valence-corrected chi connectivity index (χ0v) is 19.3. The molecule has 1 aliphatic rings. The molecule has 0 bridgehead atoms. The van der Waals surface area contributed by atoms with E-state index in [4.69, 9.17) is 9.47 Å². The number of ketones is 1. The maximum Gasteiger partial charge on any atom is 0.200 e. The first kappa shape index (κ1) is 23.2. The van der Waals surface area contributed by atoms with Gasteiger partial charge in [-0.2, -0.15) is 0 Å². The lowest BCUT2D eigenvalue weighted by Crippen LogP contribution is -2.05. The summed E-state index contributed by atoms with van der Waals surface area (Å²) in [4.78, 5) is 20.7. The molecule has 1 aromatic heterocycles. The van der Waals surface area contributed by atoms with E-state index in [2.05, 4.69) is 9.97 Å². The average molecular weight is 461 g/mol. The molecule has 0 amide bonds. The highest BCUT2D eigenvalue weighted by molar-refractivity contribution is 6.05. The minimum absolute atomic E-state index is 0.0455. The molecule has 2 aromatic carbocycles. The molecule has 174 valence electrons. The first-order chi connectivity index (χ1) is 16.4. The lowest BCUT2D eigenvalue weighted by molar-refractivity contribution is -0.118. The largest absolute Gasteiger partial charge is 0.502 e. The molecular formula is C27H25FN2O4. The summed E-state index contributed by atoms with van der Waals surface area (Å²) in [5.41, 5.74) is 5.89. The van der Waals surface area contributed by atoms with Gasteiger partial charge in [0.15, 0.2) is 11.5 Å². The standard InChI is InChI=1S/C27H25FN2O4/c1-16-21(7-5-20(31)14-19-15-29-8-9-30-19)24-13-18(28)4-6-22(24)23(16)10-17-11-25(33-2)27(32)26(12-17)34-3/h4,6,8-13,15,32H,5,7,14H2,1-3H3/b23-10-. The van der Waals surface area contributed by atoms with Crippen LogP contribution in [-0.2, 0) is 11.2 Å². The Balaban J connectivity index is 1.67. The van der Waals surface area contributed by atoms with Crippen molar-refractivity contribution in [3.05, 3.63) is 82.7 Å². The Hall–Kier alpha value is -4.00. The monoisotopic (exact) mass is 460 g/mol. The number of Topliss-reactive ketones (excluding diaryl/α,β-unsaturated/α-hetero) is 1. The van der Waals surface area contributed by atoms with Gasteiger partial charge in [0.25, 0.3) is 0 Å². The molecular weight excluding hydrogens is 435 g/mol. The zero-order valence-electron chi connectivity index (χ0n) is 19.3. The summed E-state index contributed by atoms with van der Waals surface area (Å²) >= 11 is 0. The van der Waals surface area contributed by atoms with Crippen molar-refractivity contribution in [1.29, 1.82) is 0 Å². The van der Waals surface area contributed by atoms with Crippen molar-refractivity contribution in [1.82, 2.24) is 9.97 Å². The molecule has 1 aliphatic carbocycles. The Morgan fingerprint density at radius 1 is 1.09 bits per heavy atom. The number of aromatic hydroxyl groups is 1. The van der Waals surface area contributed by atoms with E-state index in [0.29, 0.717) is 30.0 Å². The van der Waals surface area contributed by atoms with Crippen molar-refractivity contribution in [2.75, 3.05) is 14.2 Å². The number of fused-ring (bicyclic) bond motifs is 1. The zero-order chi connectivity index (χ0) is 24.2. The molecule has 1 heterocycles. The van der Waals surface area contributed by atoms with Gasteiger partial charge >= 0.3 is 0 Å². The van der Waals surface area contributed by atoms with Gasteiger partial charge in [-0.05, 0) is 77.1 Å². The number of carbonyl (C=O) groups is 1. The van der Waals surface area contributed by atoms with E-state index in [9.17, 15) is 14.3 Å². The summed E-state index contributed by atoms with van der Waals surface area (Å²) in [6, 6.07) is 8.12. The summed E-state index contributed by atoms with van der Waals surface area (Å²) in [5, 5.41) is 10.2. The van der Waals surface area contributed by atoms with Gasteiger partial charge in [-0.3, -0.25) is 14.8 Å². The molecule has 0 aliphatic heterocycles. The van der Waals surface area contributed by atoms with Crippen LogP contribution in [0.4, 0.5) is 4.39 Å². The predicted octanol–water partition coefficient (Wildman–Crippen LogP) is 5.26. The van der Waals surface area contributed by atoms with Crippen LogP contribution >= 0.6 is 0 Å². The molecule has 1 N–H and O–H groups in total. The van der Waals surface area contributed by atoms with Gasteiger partial charge < -0.3 is 14.6 Å². The van der Waals surface area contributed by atoms with E-state index in [1.54, 1.807) is 36.8 Å². The summed E-state index contributed by atoms with van der Waals surface area (Å²) in [5.74, 6) is 0.226. The number of ether oxygens (including phenoxy) is 2. The van der Waals surface area contributed by atoms with Gasteiger partial charge in [-0.1, -0.05) is 6.07 Å². The van der Waals surface area contributed by atoms with Gasteiger partial charge in [0, 0.05) is 25.0 Å². The summed E-state index contributed by atoms with van der Waals surface area (Å²) < 4.78 is 24.7. The number of carbonyl (C=O) groups excluding carboxylic acids is 1. The average Bonchev–Trinajstić information content (AvgIpc) is 3.09. The van der Waals surface area contributed by atoms with Gasteiger partial charge in [0.2, 0.25) is 5.75 Å². The van der Waals surface area contributed by atoms with Crippen LogP contribution in [0.15, 0.2) is 54.5 Å². The van der Waals surface area contributed by atoms with E-state index in [1.807, 2.05) is 13.0 Å². The number of hydrogen-bond donors (Lipinski definition) is 1. The molecule has 4 rings (SSSR count). The highest BCUT2D eigenvalue weighted by Crippen LogP contribution is 2.45. The summed E-state index contributed by atoms with van der Waals surface area (Å²) in [6.07, 6.45) is 7.68. The van der Waals surface area contributed by atoms with Gasteiger partial charge in [0.1, 0.15) is 11.6 Å². The predicted molar refractivity (Wildman–Crippen MR) is 128 cm³/mol. The van der Waals surface area contributed by atoms with Crippen LogP contribution in [0.5, 0.6) is 17.2 Å².